The van der Waals surface area contributed by atoms with Gasteiger partial charge < -0.3 is 19.7 Å². The molecule has 9 nitrogen and oxygen atoms in total. The average molecular weight is 470 g/mol. The molecule has 170 valence electrons. The van der Waals surface area contributed by atoms with Gasteiger partial charge in [0.15, 0.2) is 0 Å². The molecule has 1 N–H and O–H groups in total. The number of halogens is 1. The van der Waals surface area contributed by atoms with Crippen LogP contribution in [0, 0.1) is 0 Å². The first-order valence-corrected chi connectivity index (χ1v) is 10.5. The lowest BCUT2D eigenvalue weighted by molar-refractivity contribution is -0.120. The largest absolute Gasteiger partial charge is 0.465 e. The molecular formula is C23H20ClN3O6. The van der Waals surface area contributed by atoms with Crippen molar-refractivity contribution in [3.05, 3.63) is 70.4 Å². The van der Waals surface area contributed by atoms with E-state index in [-0.39, 0.29) is 27.9 Å². The number of hydrogen-bond donors (Lipinski definition) is 1. The first kappa shape index (κ1) is 22.5. The molecule has 4 rings (SSSR count). The third-order valence-corrected chi connectivity index (χ3v) is 5.58. The number of carbonyl (C=O) groups is 4. The molecule has 2 aromatic carbocycles. The van der Waals surface area contributed by atoms with Gasteiger partial charge in [-0.15, -0.1) is 0 Å². The minimum atomic E-state index is -0.730. The van der Waals surface area contributed by atoms with Gasteiger partial charge in [0.05, 0.1) is 31.6 Å². The van der Waals surface area contributed by atoms with Gasteiger partial charge in [-0.25, -0.2) is 9.69 Å². The lowest BCUT2D eigenvalue weighted by Crippen LogP contribution is -2.40. The number of benzene rings is 2. The van der Waals surface area contributed by atoms with E-state index in [1.54, 1.807) is 29.2 Å². The van der Waals surface area contributed by atoms with Gasteiger partial charge in [0.25, 0.3) is 17.7 Å². The molecular weight excluding hydrogens is 450 g/mol. The number of nitrogens with one attached hydrogen (secondary N) is 1. The fourth-order valence-electron chi connectivity index (χ4n) is 3.56. The van der Waals surface area contributed by atoms with Crippen molar-refractivity contribution in [2.24, 2.45) is 0 Å². The first-order chi connectivity index (χ1) is 15.9. The molecule has 0 spiro atoms. The summed E-state index contributed by atoms with van der Waals surface area (Å²) in [5.74, 6) is -2.17. The summed E-state index contributed by atoms with van der Waals surface area (Å²) < 4.78 is 9.97. The molecule has 0 saturated carbocycles. The zero-order valence-corrected chi connectivity index (χ0v) is 18.4. The number of imide groups is 1. The van der Waals surface area contributed by atoms with Crippen LogP contribution < -0.4 is 10.2 Å². The van der Waals surface area contributed by atoms with Gasteiger partial charge in [-0.3, -0.25) is 14.4 Å². The summed E-state index contributed by atoms with van der Waals surface area (Å²) in [5.41, 5.74) is 1.09. The minimum Gasteiger partial charge on any atom is -0.465 e. The van der Waals surface area contributed by atoms with E-state index >= 15 is 0 Å². The molecule has 0 bridgehead atoms. The van der Waals surface area contributed by atoms with Gasteiger partial charge in [0.1, 0.15) is 10.7 Å². The summed E-state index contributed by atoms with van der Waals surface area (Å²) in [6, 6.07) is 12.5. The number of rotatable bonds is 5. The van der Waals surface area contributed by atoms with Crippen molar-refractivity contribution in [1.82, 2.24) is 4.90 Å². The molecule has 10 heteroatoms. The zero-order chi connectivity index (χ0) is 23.5. The van der Waals surface area contributed by atoms with Gasteiger partial charge in [0, 0.05) is 24.3 Å². The van der Waals surface area contributed by atoms with E-state index in [1.165, 1.54) is 31.4 Å². The Labute approximate surface area is 194 Å². The molecule has 0 radical (unpaired) electrons. The Balaban J connectivity index is 1.56. The topological polar surface area (TPSA) is 105 Å². The van der Waals surface area contributed by atoms with Gasteiger partial charge in [0.2, 0.25) is 0 Å². The van der Waals surface area contributed by atoms with Crippen LogP contribution in [0.15, 0.2) is 59.3 Å². The van der Waals surface area contributed by atoms with E-state index in [0.717, 1.165) is 4.90 Å². The number of carbonyl (C=O) groups excluding carboxylic acids is 4. The van der Waals surface area contributed by atoms with E-state index in [1.807, 2.05) is 0 Å². The van der Waals surface area contributed by atoms with Crippen molar-refractivity contribution < 1.29 is 28.7 Å². The molecule has 3 amide bonds. The standard InChI is InChI=1S/C23H20ClN3O6/c1-32-23(31)15-5-3-7-17(13-15)27-21(29)18(24)19(22(27)30)25-16-6-2-4-14(12-16)20(28)26-8-10-33-11-9-26/h2-7,12-13,25H,8-11H2,1H3. The number of hydrogen-bond acceptors (Lipinski definition) is 7. The van der Waals surface area contributed by atoms with E-state index < -0.39 is 17.8 Å². The van der Waals surface area contributed by atoms with Gasteiger partial charge in [-0.2, -0.15) is 0 Å². The fraction of sp³-hybridized carbons (Fsp3) is 0.217. The summed E-state index contributed by atoms with van der Waals surface area (Å²) in [6.07, 6.45) is 0. The molecule has 0 unspecified atom stereocenters. The summed E-state index contributed by atoms with van der Waals surface area (Å²) in [6.45, 7) is 1.96. The van der Waals surface area contributed by atoms with Crippen LogP contribution in [-0.2, 0) is 19.1 Å². The van der Waals surface area contributed by atoms with Gasteiger partial charge in [-0.05, 0) is 36.4 Å². The zero-order valence-electron chi connectivity index (χ0n) is 17.7. The molecule has 0 atom stereocenters. The second-order valence-electron chi connectivity index (χ2n) is 7.29. The average Bonchev–Trinajstić information content (AvgIpc) is 3.06. The summed E-state index contributed by atoms with van der Waals surface area (Å²) in [5, 5.41) is 2.57. The fourth-order valence-corrected chi connectivity index (χ4v) is 3.77. The molecule has 2 aromatic rings. The van der Waals surface area contributed by atoms with Crippen molar-refractivity contribution in [1.29, 1.82) is 0 Å². The molecule has 33 heavy (non-hydrogen) atoms. The highest BCUT2D eigenvalue weighted by atomic mass is 35.5. The number of anilines is 2. The second-order valence-corrected chi connectivity index (χ2v) is 7.66. The first-order valence-electron chi connectivity index (χ1n) is 10.1. The van der Waals surface area contributed by atoms with Crippen molar-refractivity contribution in [2.45, 2.75) is 0 Å². The molecule has 2 heterocycles. The smallest absolute Gasteiger partial charge is 0.337 e. The molecule has 1 saturated heterocycles. The molecule has 1 fully saturated rings. The van der Waals surface area contributed by atoms with Gasteiger partial charge >= 0.3 is 5.97 Å². The Morgan fingerprint density at radius 2 is 1.70 bits per heavy atom. The Kier molecular flexibility index (Phi) is 6.43. The number of methoxy groups -OCH3 is 1. The molecule has 2 aliphatic rings. The predicted molar refractivity (Wildman–Crippen MR) is 120 cm³/mol. The lowest BCUT2D eigenvalue weighted by Gasteiger charge is -2.27. The van der Waals surface area contributed by atoms with Crippen molar-refractivity contribution in [3.63, 3.8) is 0 Å². The molecule has 2 aliphatic heterocycles. The number of morpholine rings is 1. The van der Waals surface area contributed by atoms with E-state index in [0.29, 0.717) is 37.6 Å². The number of esters is 1. The van der Waals surface area contributed by atoms with Crippen LogP contribution in [0.1, 0.15) is 20.7 Å². The van der Waals surface area contributed by atoms with Crippen molar-refractivity contribution in [2.75, 3.05) is 43.6 Å². The van der Waals surface area contributed by atoms with Crippen LogP contribution in [-0.4, -0.2) is 62.0 Å². The second kappa shape index (κ2) is 9.43. The van der Waals surface area contributed by atoms with Crippen LogP contribution in [0.5, 0.6) is 0 Å². The normalized spacial score (nSPS) is 16.3. The number of nitrogens with zero attached hydrogens (tertiary/aromatic N) is 2. The molecule has 0 aliphatic carbocycles. The number of ether oxygens (including phenoxy) is 2. The lowest BCUT2D eigenvalue weighted by atomic mass is 10.1. The van der Waals surface area contributed by atoms with Crippen LogP contribution in [0.4, 0.5) is 11.4 Å². The minimum absolute atomic E-state index is 0.124. The Bertz CT molecular complexity index is 1170. The highest BCUT2D eigenvalue weighted by molar-refractivity contribution is 6.53. The third-order valence-electron chi connectivity index (χ3n) is 5.23. The van der Waals surface area contributed by atoms with Gasteiger partial charge in [-0.1, -0.05) is 23.7 Å². The van der Waals surface area contributed by atoms with Crippen molar-refractivity contribution >= 4 is 46.7 Å². The Morgan fingerprint density at radius 3 is 2.42 bits per heavy atom. The van der Waals surface area contributed by atoms with Crippen LogP contribution in [0.2, 0.25) is 0 Å². The van der Waals surface area contributed by atoms with E-state index in [4.69, 9.17) is 16.3 Å². The van der Waals surface area contributed by atoms with E-state index in [9.17, 15) is 19.2 Å². The highest BCUT2D eigenvalue weighted by Crippen LogP contribution is 2.31. The van der Waals surface area contributed by atoms with E-state index in [2.05, 4.69) is 10.1 Å². The quantitative estimate of drug-likeness (QED) is 0.529. The predicted octanol–water partition coefficient (Wildman–Crippen LogP) is 2.38. The third kappa shape index (κ3) is 4.46. The monoisotopic (exact) mass is 469 g/mol. The molecule has 0 aromatic heterocycles. The SMILES string of the molecule is COC(=O)c1cccc(N2C(=O)C(Cl)=C(Nc3cccc(C(=O)N4CCOCC4)c3)C2=O)c1. The summed E-state index contributed by atoms with van der Waals surface area (Å²) in [4.78, 5) is 52.9. The maximum Gasteiger partial charge on any atom is 0.337 e. The van der Waals surface area contributed by atoms with Crippen LogP contribution in [0.3, 0.4) is 0 Å². The van der Waals surface area contributed by atoms with Crippen LogP contribution in [0.25, 0.3) is 0 Å². The van der Waals surface area contributed by atoms with Crippen LogP contribution >= 0.6 is 11.6 Å². The maximum atomic E-state index is 13.0. The van der Waals surface area contributed by atoms with Crippen molar-refractivity contribution in [3.8, 4) is 0 Å². The Morgan fingerprint density at radius 1 is 1.00 bits per heavy atom. The number of amides is 3. The maximum absolute atomic E-state index is 13.0. The highest BCUT2D eigenvalue weighted by Gasteiger charge is 2.39. The Hall–Kier alpha value is -3.69. The summed E-state index contributed by atoms with van der Waals surface area (Å²) in [7, 11) is 1.24. The summed E-state index contributed by atoms with van der Waals surface area (Å²) >= 11 is 6.20.